The SMILES string of the molecule is COc1ccc(NS(=O)(=O)c2cc(C(N)=O)n(C)c2)cc1OC(F)F. The number of nitrogens with one attached hydrogen (secondary N) is 1. The number of ether oxygens (including phenoxy) is 2. The normalized spacial score (nSPS) is 11.4. The number of benzene rings is 1. The first-order valence-electron chi connectivity index (χ1n) is 6.76. The van der Waals surface area contributed by atoms with Crippen LogP contribution in [0.25, 0.3) is 0 Å². The zero-order chi connectivity index (χ0) is 18.8. The highest BCUT2D eigenvalue weighted by Crippen LogP contribution is 2.32. The molecule has 1 heterocycles. The number of anilines is 1. The van der Waals surface area contributed by atoms with Crippen molar-refractivity contribution in [2.24, 2.45) is 12.8 Å². The highest BCUT2D eigenvalue weighted by molar-refractivity contribution is 7.92. The van der Waals surface area contributed by atoms with Gasteiger partial charge < -0.3 is 19.8 Å². The molecule has 25 heavy (non-hydrogen) atoms. The number of sulfonamides is 1. The number of halogens is 2. The van der Waals surface area contributed by atoms with Crippen molar-refractivity contribution in [3.8, 4) is 11.5 Å². The first kappa shape index (κ1) is 18.5. The second kappa shape index (κ2) is 6.97. The topological polar surface area (TPSA) is 113 Å². The molecule has 1 aromatic heterocycles. The fourth-order valence-corrected chi connectivity index (χ4v) is 3.19. The van der Waals surface area contributed by atoms with E-state index in [-0.39, 0.29) is 27.8 Å². The van der Waals surface area contributed by atoms with Gasteiger partial charge in [-0.2, -0.15) is 8.78 Å². The van der Waals surface area contributed by atoms with Crippen molar-refractivity contribution in [2.75, 3.05) is 11.8 Å². The van der Waals surface area contributed by atoms with Crippen molar-refractivity contribution in [3.63, 3.8) is 0 Å². The van der Waals surface area contributed by atoms with Gasteiger partial charge >= 0.3 is 6.61 Å². The number of alkyl halides is 2. The van der Waals surface area contributed by atoms with Crippen molar-refractivity contribution in [3.05, 3.63) is 36.2 Å². The predicted molar refractivity (Wildman–Crippen MR) is 84.4 cm³/mol. The van der Waals surface area contributed by atoms with E-state index >= 15 is 0 Å². The molecule has 1 amide bonds. The molecule has 0 saturated heterocycles. The molecule has 11 heteroatoms. The maximum absolute atomic E-state index is 12.4. The van der Waals surface area contributed by atoms with Gasteiger partial charge in [0.15, 0.2) is 11.5 Å². The summed E-state index contributed by atoms with van der Waals surface area (Å²) in [7, 11) is -1.36. The number of carbonyl (C=O) groups is 1. The molecule has 2 aromatic rings. The van der Waals surface area contributed by atoms with Crippen LogP contribution >= 0.6 is 0 Å². The van der Waals surface area contributed by atoms with E-state index in [0.717, 1.165) is 12.1 Å². The first-order chi connectivity index (χ1) is 11.6. The molecule has 0 fully saturated rings. The third-order valence-electron chi connectivity index (χ3n) is 3.17. The van der Waals surface area contributed by atoms with Gasteiger partial charge in [-0.3, -0.25) is 9.52 Å². The molecule has 2 rings (SSSR count). The second-order valence-electron chi connectivity index (χ2n) is 4.89. The lowest BCUT2D eigenvalue weighted by molar-refractivity contribution is -0.0511. The lowest BCUT2D eigenvalue weighted by Crippen LogP contribution is -2.14. The van der Waals surface area contributed by atoms with E-state index in [2.05, 4.69) is 9.46 Å². The highest BCUT2D eigenvalue weighted by Gasteiger charge is 2.21. The number of rotatable bonds is 7. The Morgan fingerprint density at radius 1 is 1.28 bits per heavy atom. The number of aromatic nitrogens is 1. The van der Waals surface area contributed by atoms with Crippen molar-refractivity contribution in [1.29, 1.82) is 0 Å². The maximum Gasteiger partial charge on any atom is 0.387 e. The summed E-state index contributed by atoms with van der Waals surface area (Å²) in [5, 5.41) is 0. The number of aryl methyl sites for hydroxylation is 1. The quantitative estimate of drug-likeness (QED) is 0.762. The van der Waals surface area contributed by atoms with E-state index < -0.39 is 22.5 Å². The zero-order valence-electron chi connectivity index (χ0n) is 13.2. The average molecular weight is 375 g/mol. The Balaban J connectivity index is 2.34. The van der Waals surface area contributed by atoms with Gasteiger partial charge in [-0.1, -0.05) is 0 Å². The minimum Gasteiger partial charge on any atom is -0.493 e. The summed E-state index contributed by atoms with van der Waals surface area (Å²) in [5.41, 5.74) is 5.12. The molecule has 1 aromatic carbocycles. The van der Waals surface area contributed by atoms with Crippen LogP contribution in [0.4, 0.5) is 14.5 Å². The summed E-state index contributed by atoms with van der Waals surface area (Å²) < 4.78 is 62.3. The molecule has 3 N–H and O–H groups in total. The molecule has 0 atom stereocenters. The largest absolute Gasteiger partial charge is 0.493 e. The number of carbonyl (C=O) groups excluding carboxylic acids is 1. The number of methoxy groups -OCH3 is 1. The number of hydrogen-bond donors (Lipinski definition) is 2. The van der Waals surface area contributed by atoms with E-state index in [9.17, 15) is 22.0 Å². The molecule has 8 nitrogen and oxygen atoms in total. The van der Waals surface area contributed by atoms with Crippen LogP contribution in [0, 0.1) is 0 Å². The Kier molecular flexibility index (Phi) is 5.16. The second-order valence-corrected chi connectivity index (χ2v) is 6.57. The standard InChI is InChI=1S/C14H15F2N3O5S/c1-19-7-9(6-10(19)13(17)20)25(21,22)18-8-3-4-11(23-2)12(5-8)24-14(15)16/h3-7,14,18H,1-2H3,(H2,17,20). The summed E-state index contributed by atoms with van der Waals surface area (Å²) in [4.78, 5) is 11.0. The number of amides is 1. The molecular formula is C14H15F2N3O5S. The van der Waals surface area contributed by atoms with Crippen molar-refractivity contribution in [1.82, 2.24) is 4.57 Å². The summed E-state index contributed by atoms with van der Waals surface area (Å²) in [5.74, 6) is -1.11. The number of primary amides is 1. The molecule has 0 bridgehead atoms. The van der Waals surface area contributed by atoms with E-state index in [4.69, 9.17) is 10.5 Å². The predicted octanol–water partition coefficient (Wildman–Crippen LogP) is 1.53. The minimum absolute atomic E-state index is 0.00294. The zero-order valence-corrected chi connectivity index (χ0v) is 14.0. The Labute approximate surface area is 142 Å². The lowest BCUT2D eigenvalue weighted by Gasteiger charge is -2.12. The van der Waals surface area contributed by atoms with Crippen molar-refractivity contribution < 1.29 is 31.5 Å². The van der Waals surface area contributed by atoms with Gasteiger partial charge in [-0.25, -0.2) is 8.42 Å². The van der Waals surface area contributed by atoms with Crippen molar-refractivity contribution >= 4 is 21.6 Å². The Bertz CT molecular complexity index is 896. The van der Waals surface area contributed by atoms with Crippen LogP contribution in [0.1, 0.15) is 10.5 Å². The van der Waals surface area contributed by atoms with E-state index in [1.165, 1.54) is 37.1 Å². The van der Waals surface area contributed by atoms with Gasteiger partial charge in [-0.15, -0.1) is 0 Å². The van der Waals surface area contributed by atoms with Gasteiger partial charge in [0.1, 0.15) is 10.6 Å². The van der Waals surface area contributed by atoms with Gasteiger partial charge in [0.25, 0.3) is 15.9 Å². The summed E-state index contributed by atoms with van der Waals surface area (Å²) in [6.07, 6.45) is 1.20. The van der Waals surface area contributed by atoms with Crippen LogP contribution in [0.15, 0.2) is 35.4 Å². The van der Waals surface area contributed by atoms with Crippen LogP contribution in [0.3, 0.4) is 0 Å². The minimum atomic E-state index is -4.08. The van der Waals surface area contributed by atoms with Gasteiger partial charge in [0.05, 0.1) is 12.8 Å². The maximum atomic E-state index is 12.4. The van der Waals surface area contributed by atoms with Crippen LogP contribution in [-0.4, -0.2) is 32.6 Å². The van der Waals surface area contributed by atoms with Crippen LogP contribution in [-0.2, 0) is 17.1 Å². The molecule has 0 aliphatic carbocycles. The molecule has 0 saturated carbocycles. The molecule has 0 aliphatic rings. The summed E-state index contributed by atoms with van der Waals surface area (Å²) >= 11 is 0. The monoisotopic (exact) mass is 375 g/mol. The first-order valence-corrected chi connectivity index (χ1v) is 8.24. The molecular weight excluding hydrogens is 360 g/mol. The summed E-state index contributed by atoms with van der Waals surface area (Å²) in [6.45, 7) is -3.10. The highest BCUT2D eigenvalue weighted by atomic mass is 32.2. The van der Waals surface area contributed by atoms with Crippen molar-refractivity contribution in [2.45, 2.75) is 11.5 Å². The molecule has 0 aliphatic heterocycles. The smallest absolute Gasteiger partial charge is 0.387 e. The molecule has 136 valence electrons. The molecule has 0 spiro atoms. The Hall–Kier alpha value is -2.82. The van der Waals surface area contributed by atoms with Crippen LogP contribution < -0.4 is 19.9 Å². The third-order valence-corrected chi connectivity index (χ3v) is 4.52. The number of hydrogen-bond acceptors (Lipinski definition) is 5. The van der Waals surface area contributed by atoms with Gasteiger partial charge in [0, 0.05) is 19.3 Å². The van der Waals surface area contributed by atoms with Crippen LogP contribution in [0.5, 0.6) is 11.5 Å². The van der Waals surface area contributed by atoms with Crippen LogP contribution in [0.2, 0.25) is 0 Å². The fourth-order valence-electron chi connectivity index (χ4n) is 2.07. The fraction of sp³-hybridized carbons (Fsp3) is 0.214. The average Bonchev–Trinajstić information content (AvgIpc) is 2.89. The number of nitrogens with two attached hydrogens (primary N) is 1. The Morgan fingerprint density at radius 3 is 2.48 bits per heavy atom. The third kappa shape index (κ3) is 4.18. The lowest BCUT2D eigenvalue weighted by atomic mass is 10.3. The van der Waals surface area contributed by atoms with E-state index in [1.54, 1.807) is 0 Å². The van der Waals surface area contributed by atoms with E-state index in [0.29, 0.717) is 0 Å². The Morgan fingerprint density at radius 2 is 1.96 bits per heavy atom. The number of nitrogens with zero attached hydrogens (tertiary/aromatic N) is 1. The van der Waals surface area contributed by atoms with Gasteiger partial charge in [-0.05, 0) is 18.2 Å². The summed E-state index contributed by atoms with van der Waals surface area (Å²) in [6, 6.07) is 4.74. The molecule has 0 radical (unpaired) electrons. The van der Waals surface area contributed by atoms with E-state index in [1.807, 2.05) is 0 Å². The van der Waals surface area contributed by atoms with Gasteiger partial charge in [0.2, 0.25) is 0 Å². The molecule has 0 unspecified atom stereocenters.